The summed E-state index contributed by atoms with van der Waals surface area (Å²) in [7, 11) is 3.63. The molecule has 0 saturated carbocycles. The van der Waals surface area contributed by atoms with Crippen LogP contribution in [0.15, 0.2) is 35.3 Å². The van der Waals surface area contributed by atoms with Gasteiger partial charge in [0.1, 0.15) is 0 Å². The maximum Gasteiger partial charge on any atom is 0.193 e. The molecule has 0 bridgehead atoms. The van der Waals surface area contributed by atoms with Crippen molar-refractivity contribution in [2.24, 2.45) is 4.99 Å². The second-order valence-corrected chi connectivity index (χ2v) is 7.90. The largest absolute Gasteiger partial charge is 0.385 e. The lowest BCUT2D eigenvalue weighted by Gasteiger charge is -2.36. The van der Waals surface area contributed by atoms with Crippen molar-refractivity contribution in [3.8, 4) is 0 Å². The molecule has 1 N–H and O–H groups in total. The quantitative estimate of drug-likeness (QED) is 0.321. The normalized spacial score (nSPS) is 16.8. The van der Waals surface area contributed by atoms with Gasteiger partial charge in [0.05, 0.1) is 6.10 Å². The fraction of sp³-hybridized carbons (Fsp3) is 0.708. The maximum absolute atomic E-state index is 6.00. The van der Waals surface area contributed by atoms with Crippen molar-refractivity contribution in [3.05, 3.63) is 35.9 Å². The van der Waals surface area contributed by atoms with E-state index in [4.69, 9.17) is 9.47 Å². The lowest BCUT2D eigenvalue weighted by atomic mass is 10.0. The number of likely N-dealkylation sites (tertiary alicyclic amines) is 1. The molecule has 0 amide bonds. The zero-order chi connectivity index (χ0) is 21.6. The number of nitrogens with one attached hydrogen (secondary N) is 1. The molecule has 1 aromatic rings. The Kier molecular flexibility index (Phi) is 11.8. The Morgan fingerprint density at radius 3 is 2.47 bits per heavy atom. The van der Waals surface area contributed by atoms with Gasteiger partial charge in [0.2, 0.25) is 0 Å². The van der Waals surface area contributed by atoms with E-state index in [0.717, 1.165) is 77.6 Å². The Balaban J connectivity index is 1.84. The van der Waals surface area contributed by atoms with Gasteiger partial charge in [0.25, 0.3) is 0 Å². The zero-order valence-electron chi connectivity index (χ0n) is 19.5. The summed E-state index contributed by atoms with van der Waals surface area (Å²) in [5.74, 6) is 1.01. The standard InChI is InChI=1S/C24H42N4O2/c1-5-27(6-2)22(19-21-11-8-7-9-12-21)20-26-24(25-3)28-15-13-23(14-16-28)30-18-10-17-29-4/h7-9,11-12,22-23H,5-6,10,13-20H2,1-4H3,(H,25,26). The smallest absolute Gasteiger partial charge is 0.193 e. The minimum Gasteiger partial charge on any atom is -0.385 e. The van der Waals surface area contributed by atoms with Crippen molar-refractivity contribution in [1.29, 1.82) is 0 Å². The fourth-order valence-corrected chi connectivity index (χ4v) is 4.19. The first-order chi connectivity index (χ1) is 14.7. The fourth-order valence-electron chi connectivity index (χ4n) is 4.19. The van der Waals surface area contributed by atoms with Gasteiger partial charge in [-0.2, -0.15) is 0 Å². The summed E-state index contributed by atoms with van der Waals surface area (Å²) in [6.45, 7) is 11.0. The van der Waals surface area contributed by atoms with Gasteiger partial charge in [-0.25, -0.2) is 0 Å². The highest BCUT2D eigenvalue weighted by molar-refractivity contribution is 5.80. The number of nitrogens with zero attached hydrogens (tertiary/aromatic N) is 3. The molecule has 0 radical (unpaired) electrons. The lowest BCUT2D eigenvalue weighted by Crippen LogP contribution is -2.51. The van der Waals surface area contributed by atoms with Crippen molar-refractivity contribution < 1.29 is 9.47 Å². The van der Waals surface area contributed by atoms with E-state index >= 15 is 0 Å². The SMILES string of the molecule is CCN(CC)C(CNC(=NC)N1CCC(OCCCOC)CC1)Cc1ccccc1. The van der Waals surface area contributed by atoms with Gasteiger partial charge in [0.15, 0.2) is 5.96 Å². The number of methoxy groups -OCH3 is 1. The Labute approximate surface area is 183 Å². The van der Waals surface area contributed by atoms with Gasteiger partial charge in [-0.15, -0.1) is 0 Å². The van der Waals surface area contributed by atoms with E-state index in [-0.39, 0.29) is 0 Å². The van der Waals surface area contributed by atoms with Crippen LogP contribution in [0.4, 0.5) is 0 Å². The molecule has 1 saturated heterocycles. The highest BCUT2D eigenvalue weighted by Gasteiger charge is 2.23. The van der Waals surface area contributed by atoms with Gasteiger partial charge in [-0.05, 0) is 44.3 Å². The highest BCUT2D eigenvalue weighted by Crippen LogP contribution is 2.15. The third-order valence-electron chi connectivity index (χ3n) is 5.94. The number of hydrogen-bond donors (Lipinski definition) is 1. The van der Waals surface area contributed by atoms with Crippen LogP contribution in [0.25, 0.3) is 0 Å². The van der Waals surface area contributed by atoms with E-state index in [0.29, 0.717) is 12.1 Å². The first-order valence-corrected chi connectivity index (χ1v) is 11.6. The van der Waals surface area contributed by atoms with Crippen molar-refractivity contribution >= 4 is 5.96 Å². The van der Waals surface area contributed by atoms with Gasteiger partial charge in [-0.1, -0.05) is 44.2 Å². The molecular formula is C24H42N4O2. The number of hydrogen-bond acceptors (Lipinski definition) is 4. The van der Waals surface area contributed by atoms with E-state index in [1.54, 1.807) is 7.11 Å². The molecule has 1 fully saturated rings. The van der Waals surface area contributed by atoms with E-state index in [9.17, 15) is 0 Å². The molecular weight excluding hydrogens is 376 g/mol. The molecule has 1 atom stereocenters. The van der Waals surface area contributed by atoms with Crippen molar-refractivity contribution in [3.63, 3.8) is 0 Å². The highest BCUT2D eigenvalue weighted by atomic mass is 16.5. The van der Waals surface area contributed by atoms with Gasteiger partial charge < -0.3 is 19.7 Å². The average molecular weight is 419 g/mol. The topological polar surface area (TPSA) is 49.3 Å². The summed E-state index contributed by atoms with van der Waals surface area (Å²) < 4.78 is 11.1. The zero-order valence-corrected chi connectivity index (χ0v) is 19.5. The van der Waals surface area contributed by atoms with Gasteiger partial charge >= 0.3 is 0 Å². The number of piperidine rings is 1. The molecule has 2 rings (SSSR count). The van der Waals surface area contributed by atoms with Crippen LogP contribution in [0.3, 0.4) is 0 Å². The molecule has 30 heavy (non-hydrogen) atoms. The predicted molar refractivity (Wildman–Crippen MR) is 125 cm³/mol. The van der Waals surface area contributed by atoms with E-state index in [2.05, 4.69) is 64.3 Å². The van der Waals surface area contributed by atoms with Crippen LogP contribution in [0, 0.1) is 0 Å². The summed E-state index contributed by atoms with van der Waals surface area (Å²) in [6.07, 6.45) is 4.48. The molecule has 6 nitrogen and oxygen atoms in total. The number of benzene rings is 1. The molecule has 0 aliphatic carbocycles. The van der Waals surface area contributed by atoms with Crippen molar-refractivity contribution in [2.45, 2.75) is 51.7 Å². The number of likely N-dealkylation sites (N-methyl/N-ethyl adjacent to an activating group) is 1. The van der Waals surface area contributed by atoms with E-state index < -0.39 is 0 Å². The lowest BCUT2D eigenvalue weighted by molar-refractivity contribution is 0.00985. The van der Waals surface area contributed by atoms with Crippen LogP contribution >= 0.6 is 0 Å². The first-order valence-electron chi connectivity index (χ1n) is 11.6. The second-order valence-electron chi connectivity index (χ2n) is 7.90. The predicted octanol–water partition coefficient (Wildman–Crippen LogP) is 3.03. The summed E-state index contributed by atoms with van der Waals surface area (Å²) >= 11 is 0. The van der Waals surface area contributed by atoms with E-state index in [1.165, 1.54) is 5.56 Å². The maximum atomic E-state index is 6.00. The number of aliphatic imine (C=N–C) groups is 1. The molecule has 1 aromatic carbocycles. The first kappa shape index (κ1) is 24.6. The molecule has 1 unspecified atom stereocenters. The van der Waals surface area contributed by atoms with Crippen LogP contribution in [0.5, 0.6) is 0 Å². The van der Waals surface area contributed by atoms with Crippen LogP contribution in [0.1, 0.15) is 38.7 Å². The Bertz CT molecular complexity index is 584. The molecule has 1 aliphatic heterocycles. The summed E-state index contributed by atoms with van der Waals surface area (Å²) in [5.41, 5.74) is 1.39. The Morgan fingerprint density at radius 2 is 1.87 bits per heavy atom. The van der Waals surface area contributed by atoms with Crippen LogP contribution < -0.4 is 5.32 Å². The summed E-state index contributed by atoms with van der Waals surface area (Å²) in [5, 5.41) is 3.66. The van der Waals surface area contributed by atoms with Gasteiger partial charge in [0, 0.05) is 53.0 Å². The van der Waals surface area contributed by atoms with Crippen molar-refractivity contribution in [2.75, 3.05) is 60.1 Å². The minimum absolute atomic E-state index is 0.359. The molecule has 1 aliphatic rings. The molecule has 6 heteroatoms. The Morgan fingerprint density at radius 1 is 1.17 bits per heavy atom. The molecule has 0 aromatic heterocycles. The summed E-state index contributed by atoms with van der Waals surface area (Å²) in [4.78, 5) is 9.48. The molecule has 1 heterocycles. The van der Waals surface area contributed by atoms with Crippen LogP contribution in [0.2, 0.25) is 0 Å². The minimum atomic E-state index is 0.359. The van der Waals surface area contributed by atoms with Crippen LogP contribution in [-0.4, -0.2) is 88.0 Å². The van der Waals surface area contributed by atoms with E-state index in [1.807, 2.05) is 7.05 Å². The Hall–Kier alpha value is -1.63. The molecule has 0 spiro atoms. The monoisotopic (exact) mass is 418 g/mol. The number of guanidine groups is 1. The van der Waals surface area contributed by atoms with Crippen molar-refractivity contribution in [1.82, 2.24) is 15.1 Å². The summed E-state index contributed by atoms with van der Waals surface area (Å²) in [6, 6.07) is 11.2. The van der Waals surface area contributed by atoms with Gasteiger partial charge in [-0.3, -0.25) is 9.89 Å². The van der Waals surface area contributed by atoms with Crippen LogP contribution in [-0.2, 0) is 15.9 Å². The number of rotatable bonds is 12. The second kappa shape index (κ2) is 14.4. The average Bonchev–Trinajstić information content (AvgIpc) is 2.79. The molecule has 170 valence electrons. The third kappa shape index (κ3) is 8.25. The number of ether oxygens (including phenoxy) is 2. The third-order valence-corrected chi connectivity index (χ3v) is 5.94.